The van der Waals surface area contributed by atoms with E-state index in [1.54, 1.807) is 35.0 Å². The SMILES string of the molecule is COc1cc2c(cc1OC)CN(C(=O)OC(C)(C)C)C(C(=O)N1CCCC1C(N)=O)C2. The molecule has 3 rings (SSSR count). The number of rotatable bonds is 4. The van der Waals surface area contributed by atoms with Crippen molar-refractivity contribution in [1.82, 2.24) is 9.80 Å². The average molecular weight is 434 g/mol. The van der Waals surface area contributed by atoms with Gasteiger partial charge in [-0.2, -0.15) is 0 Å². The highest BCUT2D eigenvalue weighted by molar-refractivity contribution is 5.92. The van der Waals surface area contributed by atoms with Crippen molar-refractivity contribution < 1.29 is 28.6 Å². The molecule has 1 saturated heterocycles. The molecule has 0 aromatic heterocycles. The molecule has 2 unspecified atom stereocenters. The number of nitrogens with zero attached hydrogens (tertiary/aromatic N) is 2. The summed E-state index contributed by atoms with van der Waals surface area (Å²) in [7, 11) is 3.09. The fourth-order valence-electron chi connectivity index (χ4n) is 4.16. The molecule has 2 heterocycles. The van der Waals surface area contributed by atoms with Crippen molar-refractivity contribution in [2.24, 2.45) is 5.73 Å². The number of ether oxygens (including phenoxy) is 3. The molecule has 0 bridgehead atoms. The van der Waals surface area contributed by atoms with Gasteiger partial charge in [-0.25, -0.2) is 4.79 Å². The van der Waals surface area contributed by atoms with Gasteiger partial charge in [0, 0.05) is 13.0 Å². The van der Waals surface area contributed by atoms with Gasteiger partial charge in [0.2, 0.25) is 11.8 Å². The molecular formula is C22H31N3O6. The summed E-state index contributed by atoms with van der Waals surface area (Å²) in [5.74, 6) is 0.266. The normalized spacial score (nSPS) is 20.8. The fourth-order valence-corrected chi connectivity index (χ4v) is 4.16. The van der Waals surface area contributed by atoms with Crippen molar-refractivity contribution in [3.63, 3.8) is 0 Å². The van der Waals surface area contributed by atoms with Gasteiger partial charge in [-0.05, 0) is 56.9 Å². The highest BCUT2D eigenvalue weighted by atomic mass is 16.6. The predicted molar refractivity (Wildman–Crippen MR) is 113 cm³/mol. The Labute approximate surface area is 182 Å². The molecule has 3 amide bonds. The third-order valence-corrected chi connectivity index (χ3v) is 5.61. The summed E-state index contributed by atoms with van der Waals surface area (Å²) < 4.78 is 16.4. The molecule has 0 saturated carbocycles. The van der Waals surface area contributed by atoms with Crippen molar-refractivity contribution in [2.45, 2.75) is 64.3 Å². The molecule has 1 fully saturated rings. The number of hydrogen-bond acceptors (Lipinski definition) is 6. The Hall–Kier alpha value is -2.97. The first-order valence-corrected chi connectivity index (χ1v) is 10.4. The lowest BCUT2D eigenvalue weighted by Crippen LogP contribution is -2.56. The molecule has 0 aliphatic carbocycles. The molecule has 2 aliphatic rings. The lowest BCUT2D eigenvalue weighted by molar-refractivity contribution is -0.142. The standard InChI is InChI=1S/C22H31N3O6/c1-22(2,3)31-21(28)25-12-14-11-18(30-5)17(29-4)10-13(14)9-16(25)20(27)24-8-6-7-15(24)19(23)26/h10-11,15-16H,6-9,12H2,1-5H3,(H2,23,26). The van der Waals surface area contributed by atoms with Gasteiger partial charge in [0.1, 0.15) is 17.7 Å². The van der Waals surface area contributed by atoms with Crippen LogP contribution in [0.3, 0.4) is 0 Å². The maximum atomic E-state index is 13.5. The van der Waals surface area contributed by atoms with Crippen molar-refractivity contribution in [3.05, 3.63) is 23.3 Å². The zero-order valence-electron chi connectivity index (χ0n) is 18.8. The summed E-state index contributed by atoms with van der Waals surface area (Å²) in [6.45, 7) is 5.94. The third-order valence-electron chi connectivity index (χ3n) is 5.61. The second-order valence-corrected chi connectivity index (χ2v) is 8.90. The maximum Gasteiger partial charge on any atom is 0.411 e. The van der Waals surface area contributed by atoms with Crippen LogP contribution in [0.15, 0.2) is 12.1 Å². The molecule has 170 valence electrons. The Bertz CT molecular complexity index is 879. The van der Waals surface area contributed by atoms with E-state index in [1.807, 2.05) is 12.1 Å². The van der Waals surface area contributed by atoms with E-state index >= 15 is 0 Å². The lowest BCUT2D eigenvalue weighted by atomic mass is 9.92. The van der Waals surface area contributed by atoms with Gasteiger partial charge >= 0.3 is 6.09 Å². The van der Waals surface area contributed by atoms with E-state index in [9.17, 15) is 14.4 Å². The molecule has 31 heavy (non-hydrogen) atoms. The number of carbonyl (C=O) groups excluding carboxylic acids is 3. The smallest absolute Gasteiger partial charge is 0.411 e. The molecule has 9 heteroatoms. The molecule has 9 nitrogen and oxygen atoms in total. The molecule has 1 aromatic rings. The Morgan fingerprint density at radius 1 is 1.00 bits per heavy atom. The largest absolute Gasteiger partial charge is 0.493 e. The van der Waals surface area contributed by atoms with Gasteiger partial charge in [0.05, 0.1) is 20.8 Å². The molecule has 1 aromatic carbocycles. The van der Waals surface area contributed by atoms with Crippen LogP contribution in [0.2, 0.25) is 0 Å². The number of primary amides is 1. The number of fused-ring (bicyclic) bond motifs is 1. The van der Waals surface area contributed by atoms with E-state index in [2.05, 4.69) is 0 Å². The second-order valence-electron chi connectivity index (χ2n) is 8.90. The molecule has 2 N–H and O–H groups in total. The summed E-state index contributed by atoms with van der Waals surface area (Å²) in [4.78, 5) is 41.3. The minimum Gasteiger partial charge on any atom is -0.493 e. The van der Waals surface area contributed by atoms with Gasteiger partial charge in [0.25, 0.3) is 0 Å². The van der Waals surface area contributed by atoms with Crippen molar-refractivity contribution >= 4 is 17.9 Å². The number of hydrogen-bond donors (Lipinski definition) is 1. The van der Waals surface area contributed by atoms with Gasteiger partial charge < -0.3 is 24.8 Å². The number of benzene rings is 1. The van der Waals surface area contributed by atoms with Crippen LogP contribution in [0.4, 0.5) is 4.79 Å². The summed E-state index contributed by atoms with van der Waals surface area (Å²) >= 11 is 0. The second kappa shape index (κ2) is 8.64. The van der Waals surface area contributed by atoms with Gasteiger partial charge in [-0.1, -0.05) is 0 Å². The summed E-state index contributed by atoms with van der Waals surface area (Å²) in [5.41, 5.74) is 6.52. The first-order chi connectivity index (χ1) is 14.6. The van der Waals surface area contributed by atoms with Crippen LogP contribution < -0.4 is 15.2 Å². The number of methoxy groups -OCH3 is 2. The van der Waals surface area contributed by atoms with E-state index < -0.39 is 29.7 Å². The monoisotopic (exact) mass is 433 g/mol. The van der Waals surface area contributed by atoms with E-state index in [4.69, 9.17) is 19.9 Å². The van der Waals surface area contributed by atoms with E-state index in [0.717, 1.165) is 11.1 Å². The Balaban J connectivity index is 1.98. The van der Waals surface area contributed by atoms with Crippen molar-refractivity contribution in [3.8, 4) is 11.5 Å². The van der Waals surface area contributed by atoms with Crippen molar-refractivity contribution in [1.29, 1.82) is 0 Å². The third kappa shape index (κ3) is 4.70. The van der Waals surface area contributed by atoms with Crippen LogP contribution in [-0.4, -0.2) is 66.2 Å². The fraction of sp³-hybridized carbons (Fsp3) is 0.591. The maximum absolute atomic E-state index is 13.5. The highest BCUT2D eigenvalue weighted by Gasteiger charge is 2.43. The summed E-state index contributed by atoms with van der Waals surface area (Å²) in [6, 6.07) is 2.19. The number of likely N-dealkylation sites (tertiary alicyclic amines) is 1. The Morgan fingerprint density at radius 3 is 2.16 bits per heavy atom. The van der Waals surface area contributed by atoms with Crippen LogP contribution in [0.1, 0.15) is 44.7 Å². The van der Waals surface area contributed by atoms with Crippen LogP contribution in [0.25, 0.3) is 0 Å². The van der Waals surface area contributed by atoms with Gasteiger partial charge in [-0.15, -0.1) is 0 Å². The first kappa shape index (κ1) is 22.7. The summed E-state index contributed by atoms with van der Waals surface area (Å²) in [6.07, 6.45) is 0.915. The minimum atomic E-state index is -0.805. The number of nitrogens with two attached hydrogens (primary N) is 1. The molecular weight excluding hydrogens is 402 g/mol. The minimum absolute atomic E-state index is 0.177. The summed E-state index contributed by atoms with van der Waals surface area (Å²) in [5, 5.41) is 0. The first-order valence-electron chi connectivity index (χ1n) is 10.4. The zero-order valence-corrected chi connectivity index (χ0v) is 18.8. The lowest BCUT2D eigenvalue weighted by Gasteiger charge is -2.39. The van der Waals surface area contributed by atoms with Gasteiger partial charge in [0.15, 0.2) is 11.5 Å². The molecule has 0 radical (unpaired) electrons. The zero-order chi connectivity index (χ0) is 22.9. The molecule has 2 atom stereocenters. The highest BCUT2D eigenvalue weighted by Crippen LogP contribution is 2.36. The quantitative estimate of drug-likeness (QED) is 0.776. The Kier molecular flexibility index (Phi) is 6.33. The van der Waals surface area contributed by atoms with Crippen LogP contribution >= 0.6 is 0 Å². The van der Waals surface area contributed by atoms with E-state index in [0.29, 0.717) is 30.9 Å². The topological polar surface area (TPSA) is 111 Å². The molecule has 2 aliphatic heterocycles. The average Bonchev–Trinajstić information content (AvgIpc) is 3.20. The Morgan fingerprint density at radius 2 is 1.61 bits per heavy atom. The van der Waals surface area contributed by atoms with Crippen molar-refractivity contribution in [2.75, 3.05) is 20.8 Å². The van der Waals surface area contributed by atoms with E-state index in [1.165, 1.54) is 9.80 Å². The van der Waals surface area contributed by atoms with E-state index in [-0.39, 0.29) is 18.9 Å². The van der Waals surface area contributed by atoms with Crippen LogP contribution in [0.5, 0.6) is 11.5 Å². The van der Waals surface area contributed by atoms with Crippen LogP contribution in [0, 0.1) is 0 Å². The van der Waals surface area contributed by atoms with Gasteiger partial charge in [-0.3, -0.25) is 14.5 Å². The molecule has 0 spiro atoms. The number of amides is 3. The number of carbonyl (C=O) groups is 3. The predicted octanol–water partition coefficient (Wildman–Crippen LogP) is 1.84. The van der Waals surface area contributed by atoms with Crippen LogP contribution in [-0.2, 0) is 27.3 Å².